The molecule has 0 amide bonds. The van der Waals surface area contributed by atoms with E-state index in [1.807, 2.05) is 12.1 Å². The van der Waals surface area contributed by atoms with Gasteiger partial charge in [0.25, 0.3) is 0 Å². The maximum absolute atomic E-state index is 13.7. The summed E-state index contributed by atoms with van der Waals surface area (Å²) in [6.07, 6.45) is 8.97. The normalized spacial score (nSPS) is 34.3. The summed E-state index contributed by atoms with van der Waals surface area (Å²) in [6, 6.07) is 8.57. The summed E-state index contributed by atoms with van der Waals surface area (Å²) in [4.78, 5) is 0. The lowest BCUT2D eigenvalue weighted by atomic mass is 9.75. The Kier molecular flexibility index (Phi) is 4.40. The van der Waals surface area contributed by atoms with Gasteiger partial charge in [0.05, 0.1) is 0 Å². The fraction of sp³-hybridized carbons (Fsp3) is 0.667. The molecule has 1 aromatic carbocycles. The van der Waals surface area contributed by atoms with E-state index in [0.717, 1.165) is 24.3 Å². The quantitative estimate of drug-likeness (QED) is 0.793. The molecule has 2 atom stereocenters. The minimum Gasteiger partial charge on any atom is -0.311 e. The van der Waals surface area contributed by atoms with Crippen LogP contribution in [0.1, 0.15) is 63.4 Å². The van der Waals surface area contributed by atoms with Crippen molar-refractivity contribution in [3.63, 3.8) is 0 Å². The third-order valence-electron chi connectivity index (χ3n) is 5.21. The van der Waals surface area contributed by atoms with Crippen LogP contribution >= 0.6 is 0 Å². The Morgan fingerprint density at radius 1 is 1.00 bits per heavy atom. The van der Waals surface area contributed by atoms with Gasteiger partial charge in [0.2, 0.25) is 0 Å². The fourth-order valence-electron chi connectivity index (χ4n) is 3.80. The Labute approximate surface area is 122 Å². The predicted molar refractivity (Wildman–Crippen MR) is 81.3 cm³/mol. The topological polar surface area (TPSA) is 12.0 Å². The van der Waals surface area contributed by atoms with Gasteiger partial charge in [0.1, 0.15) is 5.82 Å². The van der Waals surface area contributed by atoms with Crippen molar-refractivity contribution in [2.75, 3.05) is 0 Å². The molecule has 1 nitrogen and oxygen atoms in total. The molecular formula is C18H26FN. The van der Waals surface area contributed by atoms with Crippen LogP contribution in [-0.2, 0) is 0 Å². The lowest BCUT2D eigenvalue weighted by Gasteiger charge is -2.39. The lowest BCUT2D eigenvalue weighted by molar-refractivity contribution is 0.250. The maximum Gasteiger partial charge on any atom is 0.126 e. The van der Waals surface area contributed by atoms with Gasteiger partial charge in [-0.05, 0) is 55.6 Å². The zero-order valence-corrected chi connectivity index (χ0v) is 12.4. The van der Waals surface area contributed by atoms with Crippen LogP contribution in [0.15, 0.2) is 24.3 Å². The summed E-state index contributed by atoms with van der Waals surface area (Å²) < 4.78 is 13.7. The molecule has 0 radical (unpaired) electrons. The molecule has 0 aromatic heterocycles. The highest BCUT2D eigenvalue weighted by Crippen LogP contribution is 2.38. The predicted octanol–water partition coefficient (Wildman–Crippen LogP) is 4.63. The highest BCUT2D eigenvalue weighted by Gasteiger charge is 2.33. The lowest BCUT2D eigenvalue weighted by Crippen LogP contribution is -2.45. The first-order valence-electron chi connectivity index (χ1n) is 8.23. The molecule has 0 bridgehead atoms. The van der Waals surface area contributed by atoms with Gasteiger partial charge in [-0.15, -0.1) is 0 Å². The maximum atomic E-state index is 13.7. The molecule has 0 saturated heterocycles. The number of halogens is 1. The molecule has 2 unspecified atom stereocenters. The minimum atomic E-state index is -0.0285. The van der Waals surface area contributed by atoms with E-state index in [0.29, 0.717) is 18.0 Å². The molecule has 2 saturated carbocycles. The van der Waals surface area contributed by atoms with E-state index in [9.17, 15) is 4.39 Å². The van der Waals surface area contributed by atoms with Crippen molar-refractivity contribution in [2.45, 2.75) is 69.9 Å². The van der Waals surface area contributed by atoms with Crippen molar-refractivity contribution in [3.8, 4) is 0 Å². The molecule has 2 aliphatic rings. The second-order valence-corrected chi connectivity index (χ2v) is 6.86. The summed E-state index contributed by atoms with van der Waals surface area (Å²) in [5, 5.41) is 3.81. The van der Waals surface area contributed by atoms with Crippen molar-refractivity contribution in [1.82, 2.24) is 5.32 Å². The molecular weight excluding hydrogens is 249 g/mol. The first-order chi connectivity index (χ1) is 9.72. The molecule has 20 heavy (non-hydrogen) atoms. The zero-order chi connectivity index (χ0) is 13.9. The monoisotopic (exact) mass is 275 g/mol. The number of nitrogens with one attached hydrogen (secondary N) is 1. The third kappa shape index (κ3) is 3.22. The van der Waals surface area contributed by atoms with E-state index in [4.69, 9.17) is 0 Å². The summed E-state index contributed by atoms with van der Waals surface area (Å²) in [5.74, 6) is 1.30. The smallest absolute Gasteiger partial charge is 0.126 e. The molecule has 2 aliphatic carbocycles. The van der Waals surface area contributed by atoms with Crippen LogP contribution in [0.2, 0.25) is 0 Å². The van der Waals surface area contributed by atoms with Crippen molar-refractivity contribution in [3.05, 3.63) is 35.6 Å². The molecule has 1 aromatic rings. The fourth-order valence-corrected chi connectivity index (χ4v) is 3.80. The van der Waals surface area contributed by atoms with Gasteiger partial charge in [-0.25, -0.2) is 4.39 Å². The Hall–Kier alpha value is -0.890. The number of rotatable bonds is 3. The first-order valence-corrected chi connectivity index (χ1v) is 8.23. The molecule has 110 valence electrons. The van der Waals surface area contributed by atoms with E-state index in [-0.39, 0.29) is 5.82 Å². The van der Waals surface area contributed by atoms with E-state index in [1.165, 1.54) is 32.1 Å². The van der Waals surface area contributed by atoms with Gasteiger partial charge < -0.3 is 5.32 Å². The highest BCUT2D eigenvalue weighted by atomic mass is 19.1. The summed E-state index contributed by atoms with van der Waals surface area (Å²) in [5.41, 5.74) is 0.917. The van der Waals surface area contributed by atoms with Gasteiger partial charge in [0.15, 0.2) is 0 Å². The highest BCUT2D eigenvalue weighted by molar-refractivity contribution is 5.24. The molecule has 3 rings (SSSR count). The molecule has 0 heterocycles. The van der Waals surface area contributed by atoms with E-state index in [2.05, 4.69) is 12.2 Å². The van der Waals surface area contributed by atoms with E-state index < -0.39 is 0 Å². The van der Waals surface area contributed by atoms with Crippen LogP contribution in [-0.4, -0.2) is 12.1 Å². The average Bonchev–Trinajstić information content (AvgIpc) is 2.60. The second kappa shape index (κ2) is 6.26. The van der Waals surface area contributed by atoms with E-state index >= 15 is 0 Å². The second-order valence-electron chi connectivity index (χ2n) is 6.86. The molecule has 2 fully saturated rings. The Morgan fingerprint density at radius 3 is 2.60 bits per heavy atom. The van der Waals surface area contributed by atoms with Crippen molar-refractivity contribution in [2.24, 2.45) is 5.92 Å². The van der Waals surface area contributed by atoms with Gasteiger partial charge >= 0.3 is 0 Å². The molecule has 1 N–H and O–H groups in total. The Morgan fingerprint density at radius 2 is 1.80 bits per heavy atom. The SMILES string of the molecule is CC1CCCC(NC2CC(c3ccccc3F)C2)CC1. The number of hydrogen-bond donors (Lipinski definition) is 1. The van der Waals surface area contributed by atoms with Crippen LogP contribution in [0.3, 0.4) is 0 Å². The van der Waals surface area contributed by atoms with Crippen LogP contribution in [0, 0.1) is 11.7 Å². The average molecular weight is 275 g/mol. The third-order valence-corrected chi connectivity index (χ3v) is 5.21. The number of benzene rings is 1. The number of hydrogen-bond acceptors (Lipinski definition) is 1. The van der Waals surface area contributed by atoms with Crippen LogP contribution in [0.4, 0.5) is 4.39 Å². The summed E-state index contributed by atoms with van der Waals surface area (Å²) in [7, 11) is 0. The van der Waals surface area contributed by atoms with Gasteiger partial charge in [-0.1, -0.05) is 38.0 Å². The molecule has 2 heteroatoms. The standard InChI is InChI=1S/C18H26FN/c1-13-5-4-6-15(10-9-13)20-16-11-14(12-16)17-7-2-3-8-18(17)19/h2-3,7-8,13-16,20H,4-6,9-12H2,1H3. The molecule has 0 spiro atoms. The van der Waals surface area contributed by atoms with Crippen molar-refractivity contribution >= 4 is 0 Å². The summed E-state index contributed by atoms with van der Waals surface area (Å²) >= 11 is 0. The van der Waals surface area contributed by atoms with Crippen molar-refractivity contribution in [1.29, 1.82) is 0 Å². The first kappa shape index (κ1) is 14.1. The van der Waals surface area contributed by atoms with Gasteiger partial charge in [0, 0.05) is 12.1 Å². The van der Waals surface area contributed by atoms with Crippen LogP contribution < -0.4 is 5.32 Å². The summed E-state index contributed by atoms with van der Waals surface area (Å²) in [6.45, 7) is 2.37. The minimum absolute atomic E-state index is 0.0285. The molecule has 0 aliphatic heterocycles. The van der Waals surface area contributed by atoms with Gasteiger partial charge in [-0.2, -0.15) is 0 Å². The van der Waals surface area contributed by atoms with E-state index in [1.54, 1.807) is 12.1 Å². The Balaban J connectivity index is 1.47. The van der Waals surface area contributed by atoms with Crippen LogP contribution in [0.25, 0.3) is 0 Å². The largest absolute Gasteiger partial charge is 0.311 e. The van der Waals surface area contributed by atoms with Crippen molar-refractivity contribution < 1.29 is 4.39 Å². The Bertz CT molecular complexity index is 439. The van der Waals surface area contributed by atoms with Crippen LogP contribution in [0.5, 0.6) is 0 Å². The van der Waals surface area contributed by atoms with Gasteiger partial charge in [-0.3, -0.25) is 0 Å². The zero-order valence-electron chi connectivity index (χ0n) is 12.4.